The minimum absolute atomic E-state index is 0. The molecule has 1 aromatic carbocycles. The van der Waals surface area contributed by atoms with Crippen LogP contribution in [-0.4, -0.2) is 19.6 Å². The molecule has 1 rings (SSSR count). The molecule has 0 saturated carbocycles. The molecule has 108 valence electrons. The van der Waals surface area contributed by atoms with Crippen molar-refractivity contribution < 1.29 is 9.53 Å². The highest BCUT2D eigenvalue weighted by molar-refractivity contribution is 6.33. The molecule has 0 aliphatic heterocycles. The lowest BCUT2D eigenvalue weighted by atomic mass is 9.97. The molecular formula is C13H20Cl2N2O2. The highest BCUT2D eigenvalue weighted by Crippen LogP contribution is 2.28. The fourth-order valence-electron chi connectivity index (χ4n) is 1.36. The van der Waals surface area contributed by atoms with Crippen LogP contribution in [0, 0.1) is 5.41 Å². The zero-order chi connectivity index (χ0) is 13.9. The normalized spacial score (nSPS) is 10.6. The molecule has 3 N–H and O–H groups in total. The van der Waals surface area contributed by atoms with Gasteiger partial charge in [-0.15, -0.1) is 12.4 Å². The predicted molar refractivity (Wildman–Crippen MR) is 81.5 cm³/mol. The van der Waals surface area contributed by atoms with Crippen LogP contribution < -0.4 is 15.8 Å². The van der Waals surface area contributed by atoms with E-state index in [1.54, 1.807) is 6.07 Å². The van der Waals surface area contributed by atoms with E-state index in [-0.39, 0.29) is 23.7 Å². The van der Waals surface area contributed by atoms with E-state index in [4.69, 9.17) is 22.1 Å². The van der Waals surface area contributed by atoms with E-state index in [1.165, 1.54) is 13.2 Å². The first-order valence-corrected chi connectivity index (χ1v) is 6.03. The lowest BCUT2D eigenvalue weighted by Crippen LogP contribution is -2.32. The Kier molecular flexibility index (Phi) is 6.46. The topological polar surface area (TPSA) is 64.3 Å². The lowest BCUT2D eigenvalue weighted by molar-refractivity contribution is 0.0936. The first-order valence-electron chi connectivity index (χ1n) is 5.66. The molecule has 6 heteroatoms. The Bertz CT molecular complexity index is 457. The van der Waals surface area contributed by atoms with Gasteiger partial charge in [-0.3, -0.25) is 4.79 Å². The van der Waals surface area contributed by atoms with Crippen molar-refractivity contribution in [2.24, 2.45) is 5.41 Å². The molecule has 1 aromatic rings. The summed E-state index contributed by atoms with van der Waals surface area (Å²) in [4.78, 5) is 12.0. The van der Waals surface area contributed by atoms with Crippen LogP contribution in [0.1, 0.15) is 31.1 Å². The maximum absolute atomic E-state index is 12.0. The number of nitrogens with one attached hydrogen (secondary N) is 1. The fourth-order valence-corrected chi connectivity index (χ4v) is 1.52. The van der Waals surface area contributed by atoms with Crippen molar-refractivity contribution in [3.8, 4) is 5.75 Å². The van der Waals surface area contributed by atoms with Crippen molar-refractivity contribution in [1.29, 1.82) is 0 Å². The maximum atomic E-state index is 12.0. The molecule has 0 aromatic heterocycles. The first kappa shape index (κ1) is 17.9. The predicted octanol–water partition coefficient (Wildman–Crippen LogP) is 3.13. The first-order chi connectivity index (χ1) is 8.24. The van der Waals surface area contributed by atoms with Gasteiger partial charge in [0, 0.05) is 12.6 Å². The summed E-state index contributed by atoms with van der Waals surface area (Å²) in [6.45, 7) is 6.69. The highest BCUT2D eigenvalue weighted by Gasteiger charge is 2.17. The Morgan fingerprint density at radius 1 is 1.42 bits per heavy atom. The van der Waals surface area contributed by atoms with E-state index in [0.717, 1.165) is 0 Å². The molecule has 0 saturated heterocycles. The van der Waals surface area contributed by atoms with Gasteiger partial charge in [0.2, 0.25) is 0 Å². The summed E-state index contributed by atoms with van der Waals surface area (Å²) in [6.07, 6.45) is 0. The number of benzene rings is 1. The molecule has 0 heterocycles. The third-order valence-corrected chi connectivity index (χ3v) is 2.67. The van der Waals surface area contributed by atoms with E-state index >= 15 is 0 Å². The van der Waals surface area contributed by atoms with Gasteiger partial charge in [0.15, 0.2) is 0 Å². The molecule has 0 fully saturated rings. The Morgan fingerprint density at radius 2 is 2.00 bits per heavy atom. The number of carbonyl (C=O) groups is 1. The van der Waals surface area contributed by atoms with Crippen LogP contribution in [-0.2, 0) is 0 Å². The molecule has 0 radical (unpaired) electrons. The Hall–Kier alpha value is -1.13. The average molecular weight is 307 g/mol. The number of hydrogen-bond acceptors (Lipinski definition) is 3. The Labute approximate surface area is 125 Å². The van der Waals surface area contributed by atoms with Crippen LogP contribution in [0.3, 0.4) is 0 Å². The van der Waals surface area contributed by atoms with Crippen LogP contribution in [0.2, 0.25) is 5.02 Å². The van der Waals surface area contributed by atoms with Gasteiger partial charge in [0.05, 0.1) is 23.4 Å². The number of amides is 1. The molecule has 0 aliphatic carbocycles. The third-order valence-electron chi connectivity index (χ3n) is 2.34. The maximum Gasteiger partial charge on any atom is 0.255 e. The van der Waals surface area contributed by atoms with E-state index in [9.17, 15) is 4.79 Å². The molecule has 0 spiro atoms. The SMILES string of the molecule is COc1cc(N)c(Cl)cc1C(=O)NCC(C)(C)C.Cl. The number of hydrogen-bond donors (Lipinski definition) is 2. The molecule has 0 aliphatic rings. The van der Waals surface area contributed by atoms with E-state index in [0.29, 0.717) is 28.6 Å². The largest absolute Gasteiger partial charge is 0.496 e. The second-order valence-corrected chi connectivity index (χ2v) is 5.72. The monoisotopic (exact) mass is 306 g/mol. The quantitative estimate of drug-likeness (QED) is 0.843. The summed E-state index contributed by atoms with van der Waals surface area (Å²) in [5.41, 5.74) is 6.46. The number of nitrogens with two attached hydrogens (primary N) is 1. The fraction of sp³-hybridized carbons (Fsp3) is 0.462. The average Bonchev–Trinajstić information content (AvgIpc) is 2.28. The second kappa shape index (κ2) is 6.87. The summed E-state index contributed by atoms with van der Waals surface area (Å²) in [5, 5.41) is 3.19. The van der Waals surface area contributed by atoms with Crippen molar-refractivity contribution in [3.05, 3.63) is 22.7 Å². The molecule has 0 bridgehead atoms. The number of methoxy groups -OCH3 is 1. The number of ether oxygens (including phenoxy) is 1. The van der Waals surface area contributed by atoms with Gasteiger partial charge in [-0.2, -0.15) is 0 Å². The van der Waals surface area contributed by atoms with Crippen molar-refractivity contribution in [1.82, 2.24) is 5.32 Å². The van der Waals surface area contributed by atoms with Gasteiger partial charge in [-0.25, -0.2) is 0 Å². The van der Waals surface area contributed by atoms with E-state index in [2.05, 4.69) is 5.32 Å². The molecular weight excluding hydrogens is 287 g/mol. The zero-order valence-corrected chi connectivity index (χ0v) is 13.1. The summed E-state index contributed by atoms with van der Waals surface area (Å²) in [5.74, 6) is 0.201. The Balaban J connectivity index is 0.00000324. The molecule has 19 heavy (non-hydrogen) atoms. The summed E-state index contributed by atoms with van der Waals surface area (Å²) >= 11 is 5.92. The molecule has 1 amide bonds. The van der Waals surface area contributed by atoms with Crippen LogP contribution in [0.15, 0.2) is 12.1 Å². The number of halogens is 2. The van der Waals surface area contributed by atoms with Crippen molar-refractivity contribution >= 4 is 35.6 Å². The van der Waals surface area contributed by atoms with Crippen LogP contribution >= 0.6 is 24.0 Å². The molecule has 0 unspecified atom stereocenters. The van der Waals surface area contributed by atoms with Gasteiger partial charge in [0.25, 0.3) is 5.91 Å². The van der Waals surface area contributed by atoms with Gasteiger partial charge in [-0.05, 0) is 11.5 Å². The third kappa shape index (κ3) is 5.17. The van der Waals surface area contributed by atoms with Gasteiger partial charge >= 0.3 is 0 Å². The number of anilines is 1. The zero-order valence-electron chi connectivity index (χ0n) is 11.5. The molecule has 4 nitrogen and oxygen atoms in total. The van der Waals surface area contributed by atoms with Crippen molar-refractivity contribution in [3.63, 3.8) is 0 Å². The minimum Gasteiger partial charge on any atom is -0.496 e. The van der Waals surface area contributed by atoms with Gasteiger partial charge < -0.3 is 15.8 Å². The smallest absolute Gasteiger partial charge is 0.255 e. The van der Waals surface area contributed by atoms with E-state index in [1.807, 2.05) is 20.8 Å². The summed E-state index contributed by atoms with van der Waals surface area (Å²) in [7, 11) is 1.49. The standard InChI is InChI=1S/C13H19ClN2O2.ClH/c1-13(2,3)7-16-12(17)8-5-9(14)10(15)6-11(8)18-4;/h5-6H,7,15H2,1-4H3,(H,16,17);1H. The van der Waals surface area contributed by atoms with E-state index < -0.39 is 0 Å². The van der Waals surface area contributed by atoms with Gasteiger partial charge in [0.1, 0.15) is 5.75 Å². The summed E-state index contributed by atoms with van der Waals surface area (Å²) < 4.78 is 5.13. The second-order valence-electron chi connectivity index (χ2n) is 5.32. The summed E-state index contributed by atoms with van der Waals surface area (Å²) in [6, 6.07) is 3.07. The van der Waals surface area contributed by atoms with Crippen molar-refractivity contribution in [2.45, 2.75) is 20.8 Å². The van der Waals surface area contributed by atoms with Gasteiger partial charge in [-0.1, -0.05) is 32.4 Å². The van der Waals surface area contributed by atoms with Crippen molar-refractivity contribution in [2.75, 3.05) is 19.4 Å². The number of carbonyl (C=O) groups excluding carboxylic acids is 1. The number of rotatable bonds is 3. The van der Waals surface area contributed by atoms with Crippen LogP contribution in [0.4, 0.5) is 5.69 Å². The number of nitrogen functional groups attached to an aromatic ring is 1. The highest BCUT2D eigenvalue weighted by atomic mass is 35.5. The van der Waals surface area contributed by atoms with Crippen LogP contribution in [0.25, 0.3) is 0 Å². The minimum atomic E-state index is -0.219. The van der Waals surface area contributed by atoms with Crippen LogP contribution in [0.5, 0.6) is 5.75 Å². The molecule has 0 atom stereocenters. The lowest BCUT2D eigenvalue weighted by Gasteiger charge is -2.19. The Morgan fingerprint density at radius 3 is 2.47 bits per heavy atom.